The average molecular weight is 824 g/mol. The lowest BCUT2D eigenvalue weighted by Crippen LogP contribution is -2.60. The molecule has 13 N–H and O–H groups in total. The van der Waals surface area contributed by atoms with Crippen molar-refractivity contribution >= 4 is 65.2 Å². The van der Waals surface area contributed by atoms with Gasteiger partial charge in [-0.2, -0.15) is 0 Å². The number of phenolic OH excluding ortho intramolecular Hbond substituents is 1. The molecule has 0 spiro atoms. The maximum absolute atomic E-state index is 13.7. The number of carbonyl (C=O) groups excluding carboxylic acids is 7. The van der Waals surface area contributed by atoms with Gasteiger partial charge in [-0.1, -0.05) is 26.0 Å². The van der Waals surface area contributed by atoms with Crippen molar-refractivity contribution in [2.75, 3.05) is 0 Å². The zero-order chi connectivity index (χ0) is 44.4. The molecular formula is C35H49N7O16. The van der Waals surface area contributed by atoms with Gasteiger partial charge in [0.15, 0.2) is 0 Å². The van der Waals surface area contributed by atoms with Gasteiger partial charge in [-0.05, 0) is 37.3 Å². The molecule has 0 aliphatic rings. The van der Waals surface area contributed by atoms with Gasteiger partial charge in [0.1, 0.15) is 42.0 Å². The number of hydrogen-bond donors (Lipinski definition) is 12. The number of carbonyl (C=O) groups is 11. The Balaban J connectivity index is 3.44. The molecule has 0 heterocycles. The number of hydrogen-bond acceptors (Lipinski definition) is 12. The third-order valence-corrected chi connectivity index (χ3v) is 8.05. The number of carboxylic acids is 4. The highest BCUT2D eigenvalue weighted by Crippen LogP contribution is 2.21. The quantitative estimate of drug-likeness (QED) is 0.0463. The van der Waals surface area contributed by atoms with E-state index in [4.69, 9.17) is 15.9 Å². The van der Waals surface area contributed by atoms with E-state index >= 15 is 0 Å². The van der Waals surface area contributed by atoms with Crippen LogP contribution >= 0.6 is 0 Å². The number of aliphatic carboxylic acids is 4. The number of amides is 7. The first-order chi connectivity index (χ1) is 26.9. The van der Waals surface area contributed by atoms with Crippen molar-refractivity contribution in [2.45, 2.75) is 109 Å². The Hall–Kier alpha value is -6.81. The van der Waals surface area contributed by atoms with Gasteiger partial charge in [0.25, 0.3) is 0 Å². The summed E-state index contributed by atoms with van der Waals surface area (Å²) in [7, 11) is 0. The molecule has 0 unspecified atom stereocenters. The van der Waals surface area contributed by atoms with Crippen LogP contribution < -0.4 is 37.6 Å². The summed E-state index contributed by atoms with van der Waals surface area (Å²) in [5.74, 6) is -13.8. The molecule has 0 saturated carbocycles. The second-order valence-electron chi connectivity index (χ2n) is 13.6. The highest BCUT2D eigenvalue weighted by molar-refractivity contribution is 5.98. The summed E-state index contributed by atoms with van der Waals surface area (Å²) in [5.41, 5.74) is 5.67. The summed E-state index contributed by atoms with van der Waals surface area (Å²) in [6.45, 7) is 5.57. The Bertz CT molecular complexity index is 1730. The molecule has 0 aliphatic carbocycles. The van der Waals surface area contributed by atoms with Crippen LogP contribution in [0.2, 0.25) is 0 Å². The van der Waals surface area contributed by atoms with Crippen LogP contribution in [0.3, 0.4) is 0 Å². The summed E-state index contributed by atoms with van der Waals surface area (Å²) in [5, 5.41) is 60.6. The van der Waals surface area contributed by atoms with Gasteiger partial charge in [0.05, 0.1) is 19.3 Å². The fraction of sp³-hybridized carbons (Fsp3) is 0.514. The molecule has 23 nitrogen and oxygen atoms in total. The monoisotopic (exact) mass is 823 g/mol. The topological polar surface area (TPSA) is 387 Å². The lowest BCUT2D eigenvalue weighted by molar-refractivity contribution is -0.141. The smallest absolute Gasteiger partial charge is 0.307 e. The molecule has 0 saturated heterocycles. The summed E-state index contributed by atoms with van der Waals surface area (Å²) < 4.78 is 0. The van der Waals surface area contributed by atoms with Crippen LogP contribution in [0.1, 0.15) is 70.9 Å². The minimum absolute atomic E-state index is 0.0237. The van der Waals surface area contributed by atoms with Crippen LogP contribution in [0, 0.1) is 5.92 Å². The summed E-state index contributed by atoms with van der Waals surface area (Å²) in [4.78, 5) is 135. The van der Waals surface area contributed by atoms with Gasteiger partial charge in [-0.3, -0.25) is 52.7 Å². The molecule has 0 fully saturated rings. The first-order valence-corrected chi connectivity index (χ1v) is 17.7. The van der Waals surface area contributed by atoms with Gasteiger partial charge in [-0.25, -0.2) is 0 Å². The highest BCUT2D eigenvalue weighted by atomic mass is 16.4. The van der Waals surface area contributed by atoms with E-state index in [1.807, 2.05) is 0 Å². The Morgan fingerprint density at radius 1 is 0.603 bits per heavy atom. The van der Waals surface area contributed by atoms with Gasteiger partial charge in [-0.15, -0.1) is 0 Å². The number of nitrogens with one attached hydrogen (secondary N) is 6. The normalized spacial score (nSPS) is 13.9. The molecule has 0 aliphatic heterocycles. The molecule has 320 valence electrons. The number of aromatic hydroxyl groups is 1. The van der Waals surface area contributed by atoms with Crippen molar-refractivity contribution in [1.29, 1.82) is 0 Å². The number of rotatable bonds is 25. The largest absolute Gasteiger partial charge is 0.508 e. The summed E-state index contributed by atoms with van der Waals surface area (Å²) in [6, 6.07) is -6.03. The van der Waals surface area contributed by atoms with Crippen LogP contribution in [0.15, 0.2) is 18.2 Å². The molecular weight excluding hydrogens is 774 g/mol. The lowest BCUT2D eigenvalue weighted by atomic mass is 9.99. The Kier molecular flexibility index (Phi) is 19.8. The number of phenols is 1. The maximum atomic E-state index is 13.7. The third kappa shape index (κ3) is 18.2. The van der Waals surface area contributed by atoms with Crippen LogP contribution in [0.25, 0.3) is 0 Å². The fourth-order valence-corrected chi connectivity index (χ4v) is 5.25. The number of benzene rings is 1. The Labute approximate surface area is 330 Å². The molecule has 23 heteroatoms. The first-order valence-electron chi connectivity index (χ1n) is 17.7. The molecule has 0 bridgehead atoms. The molecule has 1 rings (SSSR count). The van der Waals surface area contributed by atoms with Crippen molar-refractivity contribution in [2.24, 2.45) is 11.7 Å². The van der Waals surface area contributed by atoms with E-state index in [1.54, 1.807) is 13.8 Å². The number of nitrogens with two attached hydrogens (primary N) is 1. The van der Waals surface area contributed by atoms with Crippen molar-refractivity contribution in [3.63, 3.8) is 0 Å². The predicted molar refractivity (Wildman–Crippen MR) is 196 cm³/mol. The van der Waals surface area contributed by atoms with E-state index in [2.05, 4.69) is 31.9 Å². The van der Waals surface area contributed by atoms with E-state index < -0.39 is 146 Å². The maximum Gasteiger partial charge on any atom is 0.307 e. The number of primary amides is 1. The first kappa shape index (κ1) is 49.2. The minimum Gasteiger partial charge on any atom is -0.508 e. The second kappa shape index (κ2) is 23.3. The van der Waals surface area contributed by atoms with Gasteiger partial charge in [0, 0.05) is 25.3 Å². The van der Waals surface area contributed by atoms with Crippen LogP contribution in [0.4, 0.5) is 0 Å². The minimum atomic E-state index is -1.96. The van der Waals surface area contributed by atoms with E-state index in [0.717, 1.165) is 19.9 Å². The fourth-order valence-electron chi connectivity index (χ4n) is 5.25. The Morgan fingerprint density at radius 2 is 1.09 bits per heavy atom. The SMILES string of the molecule is CC(=O)N[C@@H](CC(=O)O)C(=O)N[C@@H](C)C(=O)N[C@@H](CC(=O)O)C(=O)N[C@@H](CCC(=O)O)C(=O)N[C@@H](Cc1ccc(CC(=O)O)c(O)c1)C(=O)N[C@@H](CC(C)C)C(N)=O. The molecule has 0 radical (unpaired) electrons. The lowest BCUT2D eigenvalue weighted by Gasteiger charge is -2.27. The van der Waals surface area contributed by atoms with Crippen LogP contribution in [0.5, 0.6) is 5.75 Å². The second-order valence-corrected chi connectivity index (χ2v) is 13.6. The van der Waals surface area contributed by atoms with Crippen molar-refractivity contribution in [3.8, 4) is 5.75 Å². The standard InChI is InChI=1S/C35H49N7O16/c1-15(2)9-21(30(36)53)40-34(57)22(10-18-5-6-19(12-27(47)48)25(44)11-18)42-32(55)20(7-8-26(45)46)39-35(58)24(14-29(51)52)41-31(54)16(3)37-33(56)23(13-28(49)50)38-17(4)43/h5-6,11,15-16,20-24,44H,7-10,12-14H2,1-4H3,(H2,36,53)(H,37,56)(H,38,43)(H,39,58)(H,40,57)(H,41,54)(H,42,55)(H,45,46)(H,47,48)(H,49,50)(H,51,52)/t16-,20-,21-,22-,23-,24-/m0/s1. The van der Waals surface area contributed by atoms with Crippen molar-refractivity contribution < 1.29 is 78.3 Å². The van der Waals surface area contributed by atoms with Gasteiger partial charge < -0.3 is 63.2 Å². The Morgan fingerprint density at radius 3 is 1.57 bits per heavy atom. The predicted octanol–water partition coefficient (Wildman–Crippen LogP) is -3.14. The molecule has 58 heavy (non-hydrogen) atoms. The van der Waals surface area contributed by atoms with Crippen LogP contribution in [-0.4, -0.2) is 127 Å². The summed E-state index contributed by atoms with van der Waals surface area (Å²) in [6.07, 6.45) is -4.24. The highest BCUT2D eigenvalue weighted by Gasteiger charge is 2.34. The van der Waals surface area contributed by atoms with Crippen LogP contribution in [-0.2, 0) is 65.6 Å². The molecule has 0 aromatic heterocycles. The van der Waals surface area contributed by atoms with Gasteiger partial charge in [0.2, 0.25) is 41.4 Å². The van der Waals surface area contributed by atoms with Crippen molar-refractivity contribution in [1.82, 2.24) is 31.9 Å². The third-order valence-electron chi connectivity index (χ3n) is 8.05. The molecule has 6 atom stereocenters. The molecule has 7 amide bonds. The van der Waals surface area contributed by atoms with Gasteiger partial charge >= 0.3 is 23.9 Å². The van der Waals surface area contributed by atoms with E-state index in [0.29, 0.717) is 0 Å². The zero-order valence-corrected chi connectivity index (χ0v) is 32.0. The van der Waals surface area contributed by atoms with E-state index in [-0.39, 0.29) is 23.5 Å². The van der Waals surface area contributed by atoms with E-state index in [1.165, 1.54) is 12.1 Å². The van der Waals surface area contributed by atoms with E-state index in [9.17, 15) is 68.1 Å². The summed E-state index contributed by atoms with van der Waals surface area (Å²) >= 11 is 0. The zero-order valence-electron chi connectivity index (χ0n) is 32.0. The molecule has 1 aromatic carbocycles. The molecule has 1 aromatic rings. The average Bonchev–Trinajstić information content (AvgIpc) is 3.08. The van der Waals surface area contributed by atoms with Crippen molar-refractivity contribution in [3.05, 3.63) is 29.3 Å². The number of carboxylic acid groups (broad SMARTS) is 4.